The Morgan fingerprint density at radius 2 is 1.89 bits per heavy atom. The number of aryl methyl sites for hydroxylation is 1. The number of rotatable bonds is 1. The summed E-state index contributed by atoms with van der Waals surface area (Å²) in [7, 11) is 0. The summed E-state index contributed by atoms with van der Waals surface area (Å²) >= 11 is 0. The first-order chi connectivity index (χ1) is 9.22. The van der Waals surface area contributed by atoms with Gasteiger partial charge in [-0.3, -0.25) is 5.32 Å². The van der Waals surface area contributed by atoms with Crippen LogP contribution >= 0.6 is 0 Å². The number of ether oxygens (including phenoxy) is 1. The lowest BCUT2D eigenvalue weighted by Gasteiger charge is -2.20. The van der Waals surface area contributed by atoms with Gasteiger partial charge in [-0.25, -0.2) is 4.79 Å². The van der Waals surface area contributed by atoms with E-state index in [9.17, 15) is 4.79 Å². The van der Waals surface area contributed by atoms with Crippen molar-refractivity contribution in [2.75, 3.05) is 5.32 Å². The van der Waals surface area contributed by atoms with Crippen LogP contribution in [0.1, 0.15) is 16.7 Å². The Morgan fingerprint density at radius 3 is 2.68 bits per heavy atom. The number of anilines is 1. The zero-order valence-corrected chi connectivity index (χ0v) is 10.5. The predicted octanol–water partition coefficient (Wildman–Crippen LogP) is 4.06. The number of fused-ring (bicyclic) bond motifs is 1. The molecule has 94 valence electrons. The van der Waals surface area contributed by atoms with Crippen molar-refractivity contribution < 1.29 is 9.53 Å². The summed E-state index contributed by atoms with van der Waals surface area (Å²) in [4.78, 5) is 11.5. The van der Waals surface area contributed by atoms with Crippen molar-refractivity contribution in [2.45, 2.75) is 6.92 Å². The molecule has 1 aliphatic heterocycles. The molecule has 1 aliphatic rings. The lowest BCUT2D eigenvalue weighted by Crippen LogP contribution is -2.19. The molecular formula is C16H13NO2. The predicted molar refractivity (Wildman–Crippen MR) is 75.6 cm³/mol. The summed E-state index contributed by atoms with van der Waals surface area (Å²) in [6, 6.07) is 15.7. The number of hydrogen-bond acceptors (Lipinski definition) is 2. The zero-order valence-electron chi connectivity index (χ0n) is 10.5. The minimum atomic E-state index is -0.446. The summed E-state index contributed by atoms with van der Waals surface area (Å²) < 4.78 is 5.28. The fourth-order valence-electron chi connectivity index (χ4n) is 2.07. The van der Waals surface area contributed by atoms with E-state index >= 15 is 0 Å². The molecule has 19 heavy (non-hydrogen) atoms. The second-order valence-corrected chi connectivity index (χ2v) is 4.48. The number of carbonyl (C=O) groups excluding carboxylic acids is 1. The maximum absolute atomic E-state index is 11.5. The molecular weight excluding hydrogens is 238 g/mol. The molecule has 0 saturated carbocycles. The summed E-state index contributed by atoms with van der Waals surface area (Å²) in [6.45, 7) is 2.01. The van der Waals surface area contributed by atoms with Gasteiger partial charge in [0, 0.05) is 5.56 Å². The molecule has 0 aromatic heterocycles. The van der Waals surface area contributed by atoms with Gasteiger partial charge in [0.1, 0.15) is 5.76 Å². The Bertz CT molecular complexity index is 660. The minimum Gasteiger partial charge on any atom is -0.409 e. The van der Waals surface area contributed by atoms with Crippen molar-refractivity contribution >= 4 is 23.6 Å². The third kappa shape index (κ3) is 2.36. The van der Waals surface area contributed by atoms with Crippen LogP contribution in [0.4, 0.5) is 10.5 Å². The van der Waals surface area contributed by atoms with E-state index in [1.807, 2.05) is 61.5 Å². The summed E-state index contributed by atoms with van der Waals surface area (Å²) in [5, 5.41) is 2.70. The normalized spacial score (nSPS) is 15.6. The molecule has 3 nitrogen and oxygen atoms in total. The van der Waals surface area contributed by atoms with Gasteiger partial charge in [0.2, 0.25) is 0 Å². The van der Waals surface area contributed by atoms with Gasteiger partial charge in [0.25, 0.3) is 0 Å². The van der Waals surface area contributed by atoms with Crippen LogP contribution in [0.2, 0.25) is 0 Å². The molecule has 0 aliphatic carbocycles. The van der Waals surface area contributed by atoms with E-state index in [4.69, 9.17) is 4.74 Å². The maximum atomic E-state index is 11.5. The Hall–Kier alpha value is -2.55. The van der Waals surface area contributed by atoms with Crippen LogP contribution in [0.3, 0.4) is 0 Å². The van der Waals surface area contributed by atoms with E-state index in [1.54, 1.807) is 0 Å². The summed E-state index contributed by atoms with van der Waals surface area (Å²) in [5.41, 5.74) is 3.81. The van der Waals surface area contributed by atoms with Gasteiger partial charge in [0.15, 0.2) is 0 Å². The highest BCUT2D eigenvalue weighted by molar-refractivity contribution is 6.00. The van der Waals surface area contributed by atoms with Crippen molar-refractivity contribution in [1.82, 2.24) is 0 Å². The molecule has 0 fully saturated rings. The van der Waals surface area contributed by atoms with Crippen LogP contribution in [0.15, 0.2) is 48.5 Å². The van der Waals surface area contributed by atoms with Crippen molar-refractivity contribution in [2.24, 2.45) is 0 Å². The van der Waals surface area contributed by atoms with Crippen LogP contribution < -0.4 is 5.32 Å². The summed E-state index contributed by atoms with van der Waals surface area (Å²) in [5.74, 6) is 0.577. The Labute approximate surface area is 111 Å². The highest BCUT2D eigenvalue weighted by atomic mass is 16.6. The van der Waals surface area contributed by atoms with Gasteiger partial charge in [-0.15, -0.1) is 0 Å². The van der Waals surface area contributed by atoms with E-state index in [2.05, 4.69) is 5.32 Å². The molecule has 0 spiro atoms. The maximum Gasteiger partial charge on any atom is 0.417 e. The standard InChI is InChI=1S/C16H13NO2/c1-11-7-8-14-13(9-11)15(19-16(18)17-14)10-12-5-3-2-4-6-12/h2-10H,1H3,(H,17,18)/b15-10-. The molecule has 0 bridgehead atoms. The highest BCUT2D eigenvalue weighted by Gasteiger charge is 2.20. The van der Waals surface area contributed by atoms with Gasteiger partial charge in [-0.1, -0.05) is 42.0 Å². The fourth-order valence-corrected chi connectivity index (χ4v) is 2.07. The third-order valence-corrected chi connectivity index (χ3v) is 2.98. The third-order valence-electron chi connectivity index (χ3n) is 2.98. The van der Waals surface area contributed by atoms with Gasteiger partial charge in [-0.05, 0) is 30.7 Å². The number of hydrogen-bond donors (Lipinski definition) is 1. The van der Waals surface area contributed by atoms with Crippen LogP contribution in [-0.2, 0) is 4.74 Å². The molecule has 1 amide bonds. The topological polar surface area (TPSA) is 38.3 Å². The first-order valence-electron chi connectivity index (χ1n) is 6.09. The monoisotopic (exact) mass is 251 g/mol. The van der Waals surface area contributed by atoms with E-state index < -0.39 is 6.09 Å². The Kier molecular flexibility index (Phi) is 2.80. The van der Waals surface area contributed by atoms with E-state index in [1.165, 1.54) is 0 Å². The van der Waals surface area contributed by atoms with Gasteiger partial charge < -0.3 is 4.74 Å². The first-order valence-corrected chi connectivity index (χ1v) is 6.09. The Morgan fingerprint density at radius 1 is 1.11 bits per heavy atom. The van der Waals surface area contributed by atoms with Crippen LogP contribution in [0.5, 0.6) is 0 Å². The van der Waals surface area contributed by atoms with E-state index in [-0.39, 0.29) is 0 Å². The molecule has 1 heterocycles. The summed E-state index contributed by atoms with van der Waals surface area (Å²) in [6.07, 6.45) is 1.43. The number of carbonyl (C=O) groups is 1. The number of benzene rings is 2. The second-order valence-electron chi connectivity index (χ2n) is 4.48. The van der Waals surface area contributed by atoms with Gasteiger partial charge in [-0.2, -0.15) is 0 Å². The smallest absolute Gasteiger partial charge is 0.409 e. The quantitative estimate of drug-likeness (QED) is 0.830. The number of amides is 1. The fraction of sp³-hybridized carbons (Fsp3) is 0.0625. The van der Waals surface area contributed by atoms with E-state index in [0.29, 0.717) is 5.76 Å². The van der Waals surface area contributed by atoms with Crippen molar-refractivity contribution in [3.05, 3.63) is 65.2 Å². The van der Waals surface area contributed by atoms with Gasteiger partial charge >= 0.3 is 6.09 Å². The molecule has 0 atom stereocenters. The molecule has 2 aromatic carbocycles. The lowest BCUT2D eigenvalue weighted by molar-refractivity contribution is 0.206. The van der Waals surface area contributed by atoms with Crippen molar-refractivity contribution in [1.29, 1.82) is 0 Å². The molecule has 3 rings (SSSR count). The zero-order chi connectivity index (χ0) is 13.2. The van der Waals surface area contributed by atoms with Crippen LogP contribution in [-0.4, -0.2) is 6.09 Å². The SMILES string of the molecule is Cc1ccc2c(c1)/C(=C/c1ccccc1)OC(=O)N2. The molecule has 3 heteroatoms. The first kappa shape index (κ1) is 11.5. The average molecular weight is 251 g/mol. The van der Waals surface area contributed by atoms with Gasteiger partial charge in [0.05, 0.1) is 5.69 Å². The molecule has 2 aromatic rings. The average Bonchev–Trinajstić information content (AvgIpc) is 2.41. The van der Waals surface area contributed by atoms with Crippen molar-refractivity contribution in [3.63, 3.8) is 0 Å². The number of cyclic esters (lactones) is 1. The lowest BCUT2D eigenvalue weighted by atomic mass is 10.0. The minimum absolute atomic E-state index is 0.446. The molecule has 1 N–H and O–H groups in total. The van der Waals surface area contributed by atoms with E-state index in [0.717, 1.165) is 22.4 Å². The Balaban J connectivity index is 2.10. The molecule has 0 radical (unpaired) electrons. The number of nitrogens with one attached hydrogen (secondary N) is 1. The molecule has 0 saturated heterocycles. The highest BCUT2D eigenvalue weighted by Crippen LogP contribution is 2.31. The molecule has 0 unspecified atom stereocenters. The van der Waals surface area contributed by atoms with Crippen LogP contribution in [0.25, 0.3) is 11.8 Å². The second kappa shape index (κ2) is 4.61. The largest absolute Gasteiger partial charge is 0.417 e. The van der Waals surface area contributed by atoms with Crippen molar-refractivity contribution in [3.8, 4) is 0 Å². The van der Waals surface area contributed by atoms with Crippen LogP contribution in [0, 0.1) is 6.92 Å².